The number of hydrogen-bond acceptors (Lipinski definition) is 8. The van der Waals surface area contributed by atoms with Crippen LogP contribution in [0.2, 0.25) is 0 Å². The molecule has 4 rings (SSSR count). The van der Waals surface area contributed by atoms with Crippen molar-refractivity contribution in [1.82, 2.24) is 39.5 Å². The largest absolute Gasteiger partial charge is 0.479 e. The Labute approximate surface area is 184 Å². The van der Waals surface area contributed by atoms with Gasteiger partial charge < -0.3 is 14.6 Å². The monoisotopic (exact) mass is 459 g/mol. The second kappa shape index (κ2) is 8.64. The Hall–Kier alpha value is -4.36. The van der Waals surface area contributed by atoms with E-state index in [0.29, 0.717) is 5.82 Å². The summed E-state index contributed by atoms with van der Waals surface area (Å²) < 4.78 is 46.8. The van der Waals surface area contributed by atoms with Crippen LogP contribution in [0.3, 0.4) is 0 Å². The third-order valence-corrected chi connectivity index (χ3v) is 4.59. The Bertz CT molecular complexity index is 1270. The molecule has 0 fully saturated rings. The summed E-state index contributed by atoms with van der Waals surface area (Å²) in [5.74, 6) is -0.206. The molecule has 0 aliphatic carbocycles. The SMILES string of the molecule is COc1nn(-c2cnccn2)cc1C(=O)Nc1cccc(-c2nncn2[C@H](C)C(F)(F)F)n1. The average molecular weight is 459 g/mol. The zero-order chi connectivity index (χ0) is 23.6. The summed E-state index contributed by atoms with van der Waals surface area (Å²) in [6, 6.07) is 2.61. The molecule has 0 aromatic carbocycles. The van der Waals surface area contributed by atoms with E-state index >= 15 is 0 Å². The van der Waals surface area contributed by atoms with Gasteiger partial charge in [0.2, 0.25) is 5.88 Å². The van der Waals surface area contributed by atoms with Crippen LogP contribution in [0.25, 0.3) is 17.3 Å². The highest BCUT2D eigenvalue weighted by Gasteiger charge is 2.38. The number of hydrogen-bond donors (Lipinski definition) is 1. The highest BCUT2D eigenvalue weighted by Crippen LogP contribution is 2.32. The van der Waals surface area contributed by atoms with Gasteiger partial charge in [-0.15, -0.1) is 15.3 Å². The third-order valence-electron chi connectivity index (χ3n) is 4.59. The van der Waals surface area contributed by atoms with Crippen LogP contribution >= 0.6 is 0 Å². The predicted molar refractivity (Wildman–Crippen MR) is 108 cm³/mol. The van der Waals surface area contributed by atoms with Crippen LogP contribution < -0.4 is 10.1 Å². The van der Waals surface area contributed by atoms with Gasteiger partial charge in [-0.3, -0.25) is 9.78 Å². The Morgan fingerprint density at radius 3 is 2.76 bits per heavy atom. The summed E-state index contributed by atoms with van der Waals surface area (Å²) in [5.41, 5.74) is 0.188. The number of alkyl halides is 3. The summed E-state index contributed by atoms with van der Waals surface area (Å²) in [6.07, 6.45) is 2.31. The fourth-order valence-electron chi connectivity index (χ4n) is 2.87. The smallest absolute Gasteiger partial charge is 0.408 e. The number of carbonyl (C=O) groups excluding carboxylic acids is 1. The number of methoxy groups -OCH3 is 1. The number of rotatable bonds is 6. The topological polar surface area (TPSA) is 126 Å². The summed E-state index contributed by atoms with van der Waals surface area (Å²) >= 11 is 0. The number of halogens is 3. The van der Waals surface area contributed by atoms with E-state index in [4.69, 9.17) is 4.74 Å². The molecule has 170 valence electrons. The molecular formula is C19H16F3N9O2. The van der Waals surface area contributed by atoms with Gasteiger partial charge in [0.1, 0.15) is 29.4 Å². The van der Waals surface area contributed by atoms with Crippen LogP contribution in [-0.2, 0) is 0 Å². The van der Waals surface area contributed by atoms with Gasteiger partial charge in [0.25, 0.3) is 5.91 Å². The summed E-state index contributed by atoms with van der Waals surface area (Å²) in [5, 5.41) is 14.1. The average Bonchev–Trinajstić information content (AvgIpc) is 3.46. The molecule has 0 aliphatic rings. The van der Waals surface area contributed by atoms with Crippen molar-refractivity contribution in [2.45, 2.75) is 19.1 Å². The molecule has 4 heterocycles. The number of aromatic nitrogens is 8. The molecule has 33 heavy (non-hydrogen) atoms. The van der Waals surface area contributed by atoms with Crippen LogP contribution in [0.4, 0.5) is 19.0 Å². The minimum absolute atomic E-state index is 0.0352. The van der Waals surface area contributed by atoms with E-state index in [1.165, 1.54) is 54.8 Å². The number of nitrogens with one attached hydrogen (secondary N) is 1. The Morgan fingerprint density at radius 2 is 2.06 bits per heavy atom. The first-order valence-electron chi connectivity index (χ1n) is 9.43. The molecule has 1 amide bonds. The van der Waals surface area contributed by atoms with Gasteiger partial charge in [-0.25, -0.2) is 14.6 Å². The van der Waals surface area contributed by atoms with Crippen molar-refractivity contribution in [1.29, 1.82) is 0 Å². The number of anilines is 1. The molecule has 0 saturated heterocycles. The molecule has 0 unspecified atom stereocenters. The minimum atomic E-state index is -4.50. The van der Waals surface area contributed by atoms with Crippen LogP contribution in [0, 0.1) is 0 Å². The second-order valence-corrected chi connectivity index (χ2v) is 6.70. The first kappa shape index (κ1) is 21.9. The van der Waals surface area contributed by atoms with Crippen molar-refractivity contribution in [3.05, 3.63) is 54.9 Å². The molecule has 1 N–H and O–H groups in total. The maximum atomic E-state index is 13.2. The van der Waals surface area contributed by atoms with Gasteiger partial charge in [-0.2, -0.15) is 13.2 Å². The summed E-state index contributed by atoms with van der Waals surface area (Å²) in [7, 11) is 1.35. The molecule has 0 aliphatic heterocycles. The molecule has 0 saturated carbocycles. The van der Waals surface area contributed by atoms with Gasteiger partial charge >= 0.3 is 6.18 Å². The molecule has 11 nitrogen and oxygen atoms in total. The van der Waals surface area contributed by atoms with Crippen molar-refractivity contribution in [2.75, 3.05) is 12.4 Å². The van der Waals surface area contributed by atoms with Crippen molar-refractivity contribution in [3.63, 3.8) is 0 Å². The van der Waals surface area contributed by atoms with E-state index in [1.54, 1.807) is 0 Å². The van der Waals surface area contributed by atoms with Gasteiger partial charge in [0, 0.05) is 18.6 Å². The fourth-order valence-corrected chi connectivity index (χ4v) is 2.87. The van der Waals surface area contributed by atoms with Crippen molar-refractivity contribution in [3.8, 4) is 23.2 Å². The highest BCUT2D eigenvalue weighted by atomic mass is 19.4. The lowest BCUT2D eigenvalue weighted by Gasteiger charge is -2.18. The molecule has 4 aromatic rings. The third kappa shape index (κ3) is 4.49. The van der Waals surface area contributed by atoms with E-state index in [0.717, 1.165) is 17.8 Å². The summed E-state index contributed by atoms with van der Waals surface area (Å²) in [4.78, 5) is 25.1. The zero-order valence-corrected chi connectivity index (χ0v) is 17.2. The van der Waals surface area contributed by atoms with Crippen LogP contribution in [-0.4, -0.2) is 58.7 Å². The maximum Gasteiger partial charge on any atom is 0.408 e. The Morgan fingerprint density at radius 1 is 1.24 bits per heavy atom. The molecular weight excluding hydrogens is 443 g/mol. The van der Waals surface area contributed by atoms with Crippen molar-refractivity contribution in [2.24, 2.45) is 0 Å². The first-order valence-corrected chi connectivity index (χ1v) is 9.43. The quantitative estimate of drug-likeness (QED) is 0.467. The van der Waals surface area contributed by atoms with Crippen LogP contribution in [0.5, 0.6) is 5.88 Å². The second-order valence-electron chi connectivity index (χ2n) is 6.70. The van der Waals surface area contributed by atoms with Gasteiger partial charge in [0.15, 0.2) is 11.6 Å². The maximum absolute atomic E-state index is 13.2. The lowest BCUT2D eigenvalue weighted by Crippen LogP contribution is -2.24. The number of carbonyl (C=O) groups is 1. The van der Waals surface area contributed by atoms with E-state index in [9.17, 15) is 18.0 Å². The standard InChI is InChI=1S/C19H16F3N9O2/c1-11(19(20,21)22)30-10-25-28-16(30)13-4-3-5-14(26-13)27-17(32)12-9-31(29-18(12)33-2)15-8-23-6-7-24-15/h3-11H,1-2H3,(H,26,27,32)/t11-/m1/s1. The normalized spacial score (nSPS) is 12.4. The highest BCUT2D eigenvalue weighted by molar-refractivity contribution is 6.05. The Balaban J connectivity index is 1.60. The Kier molecular flexibility index (Phi) is 5.72. The minimum Gasteiger partial charge on any atom is -0.479 e. The van der Waals surface area contributed by atoms with Crippen LogP contribution in [0.1, 0.15) is 23.3 Å². The zero-order valence-electron chi connectivity index (χ0n) is 17.2. The molecule has 0 radical (unpaired) electrons. The van der Waals surface area contributed by atoms with Crippen molar-refractivity contribution >= 4 is 11.7 Å². The lowest BCUT2D eigenvalue weighted by molar-refractivity contribution is -0.162. The van der Waals surface area contributed by atoms with Crippen molar-refractivity contribution < 1.29 is 22.7 Å². The molecule has 0 bridgehead atoms. The lowest BCUT2D eigenvalue weighted by atomic mass is 10.2. The fraction of sp³-hybridized carbons (Fsp3) is 0.211. The van der Waals surface area contributed by atoms with E-state index in [2.05, 4.69) is 35.6 Å². The first-order chi connectivity index (χ1) is 15.8. The predicted octanol–water partition coefficient (Wildman–Crippen LogP) is 2.70. The number of pyridine rings is 1. The number of ether oxygens (including phenoxy) is 1. The van der Waals surface area contributed by atoms with E-state index in [-0.39, 0.29) is 28.8 Å². The van der Waals surface area contributed by atoms with Gasteiger partial charge in [-0.05, 0) is 19.1 Å². The molecule has 14 heteroatoms. The molecule has 4 aromatic heterocycles. The number of nitrogens with zero attached hydrogens (tertiary/aromatic N) is 8. The van der Waals surface area contributed by atoms with Crippen LogP contribution in [0.15, 0.2) is 49.3 Å². The summed E-state index contributed by atoms with van der Waals surface area (Å²) in [6.45, 7) is 0.986. The van der Waals surface area contributed by atoms with E-state index in [1.807, 2.05) is 0 Å². The molecule has 1 atom stereocenters. The van der Waals surface area contributed by atoms with Gasteiger partial charge in [0.05, 0.1) is 13.3 Å². The van der Waals surface area contributed by atoms with Gasteiger partial charge in [-0.1, -0.05) is 6.07 Å². The number of amides is 1. The van der Waals surface area contributed by atoms with E-state index < -0.39 is 18.1 Å². The molecule has 0 spiro atoms.